The number of nitrogens with zero attached hydrogens (tertiary/aromatic N) is 1. The Labute approximate surface area is 153 Å². The summed E-state index contributed by atoms with van der Waals surface area (Å²) in [5, 5.41) is 13.7. The van der Waals surface area contributed by atoms with E-state index in [0.717, 1.165) is 23.7 Å². The number of rotatable bonds is 6. The second kappa shape index (κ2) is 8.26. The molecule has 0 aromatic heterocycles. The maximum atomic E-state index is 12.4. The number of nitrogens with one attached hydrogen (secondary N) is 1. The summed E-state index contributed by atoms with van der Waals surface area (Å²) in [6.07, 6.45) is 3.18. The summed E-state index contributed by atoms with van der Waals surface area (Å²) in [6.45, 7) is 2.13. The molecular weight excluding hydrogens is 396 g/mol. The van der Waals surface area contributed by atoms with Gasteiger partial charge in [0.2, 0.25) is 0 Å². The molecule has 0 saturated carbocycles. The molecule has 0 aliphatic heterocycles. The molecule has 5 nitrogen and oxygen atoms in total. The van der Waals surface area contributed by atoms with E-state index in [0.29, 0.717) is 5.69 Å². The molecule has 126 valence electrons. The average Bonchev–Trinajstić information content (AvgIpc) is 2.55. The van der Waals surface area contributed by atoms with E-state index in [9.17, 15) is 14.9 Å². The Morgan fingerprint density at radius 2 is 2.04 bits per heavy atom. The average molecular weight is 412 g/mol. The normalized spacial score (nSPS) is 10.5. The summed E-state index contributed by atoms with van der Waals surface area (Å²) < 4.78 is 0.756. The number of aryl methyl sites for hydroxylation is 1. The van der Waals surface area contributed by atoms with Gasteiger partial charge in [0.15, 0.2) is 0 Å². The number of hydrogen-bond donors (Lipinski definition) is 1. The minimum atomic E-state index is -0.564. The highest BCUT2D eigenvalue weighted by Gasteiger charge is 2.16. The number of carbonyl (C=O) groups excluding carboxylic acids is 1. The molecule has 2 aromatic carbocycles. The monoisotopic (exact) mass is 410 g/mol. The van der Waals surface area contributed by atoms with Crippen LogP contribution in [0.1, 0.15) is 35.7 Å². The third-order valence-corrected chi connectivity index (χ3v) is 4.49. The summed E-state index contributed by atoms with van der Waals surface area (Å²) in [6, 6.07) is 9.49. The molecule has 0 aliphatic rings. The standard InChI is InChI=1S/C17H16BrClN2O3/c1-2-3-4-11-5-8-16(14(18)9-11)20-17(22)13-10-12(21(23)24)6-7-15(13)19/h5-10H,2-4H2,1H3,(H,20,22). The third kappa shape index (κ3) is 4.55. The molecule has 0 bridgehead atoms. The zero-order chi connectivity index (χ0) is 17.7. The van der Waals surface area contributed by atoms with Crippen LogP contribution in [0.5, 0.6) is 0 Å². The molecule has 0 fully saturated rings. The van der Waals surface area contributed by atoms with Gasteiger partial charge in [-0.3, -0.25) is 14.9 Å². The van der Waals surface area contributed by atoms with E-state index in [4.69, 9.17) is 11.6 Å². The van der Waals surface area contributed by atoms with Gasteiger partial charge in [0.05, 0.1) is 21.2 Å². The lowest BCUT2D eigenvalue weighted by molar-refractivity contribution is -0.384. The van der Waals surface area contributed by atoms with Gasteiger partial charge in [-0.25, -0.2) is 0 Å². The van der Waals surface area contributed by atoms with Gasteiger partial charge in [0, 0.05) is 16.6 Å². The van der Waals surface area contributed by atoms with E-state index in [1.165, 1.54) is 23.8 Å². The molecule has 2 aromatic rings. The molecule has 1 N–H and O–H groups in total. The molecule has 0 saturated heterocycles. The molecule has 7 heteroatoms. The van der Waals surface area contributed by atoms with Crippen molar-refractivity contribution in [3.05, 3.63) is 67.1 Å². The lowest BCUT2D eigenvalue weighted by Gasteiger charge is -2.10. The summed E-state index contributed by atoms with van der Waals surface area (Å²) in [5.41, 5.74) is 1.64. The molecule has 0 aliphatic carbocycles. The quantitative estimate of drug-likeness (QED) is 0.496. The topological polar surface area (TPSA) is 72.2 Å². The van der Waals surface area contributed by atoms with Crippen molar-refractivity contribution >= 4 is 44.8 Å². The number of non-ortho nitro benzene ring substituents is 1. The zero-order valence-corrected chi connectivity index (χ0v) is 15.4. The van der Waals surface area contributed by atoms with Crippen molar-refractivity contribution in [2.75, 3.05) is 5.32 Å². The summed E-state index contributed by atoms with van der Waals surface area (Å²) >= 11 is 9.43. The molecule has 0 heterocycles. The first-order valence-corrected chi connectivity index (χ1v) is 8.63. The van der Waals surface area contributed by atoms with Gasteiger partial charge in [0.1, 0.15) is 0 Å². The lowest BCUT2D eigenvalue weighted by Crippen LogP contribution is -2.13. The molecule has 0 spiro atoms. The Hall–Kier alpha value is -1.92. The first-order chi connectivity index (χ1) is 11.4. The number of carbonyl (C=O) groups is 1. The molecule has 1 amide bonds. The van der Waals surface area contributed by atoms with Crippen LogP contribution in [0.4, 0.5) is 11.4 Å². The number of anilines is 1. The van der Waals surface area contributed by atoms with Crippen LogP contribution in [0.25, 0.3) is 0 Å². The number of benzene rings is 2. The number of halogens is 2. The molecular formula is C17H16BrClN2O3. The number of hydrogen-bond acceptors (Lipinski definition) is 3. The molecule has 2 rings (SSSR count). The Morgan fingerprint density at radius 3 is 2.67 bits per heavy atom. The Kier molecular flexibility index (Phi) is 6.34. The fraction of sp³-hybridized carbons (Fsp3) is 0.235. The van der Waals surface area contributed by atoms with Crippen LogP contribution in [0.15, 0.2) is 40.9 Å². The van der Waals surface area contributed by atoms with E-state index in [-0.39, 0.29) is 16.3 Å². The fourth-order valence-corrected chi connectivity index (χ4v) is 2.92. The highest BCUT2D eigenvalue weighted by atomic mass is 79.9. The molecule has 0 radical (unpaired) electrons. The Balaban J connectivity index is 2.21. The van der Waals surface area contributed by atoms with Crippen molar-refractivity contribution in [3.8, 4) is 0 Å². The van der Waals surface area contributed by atoms with E-state index in [2.05, 4.69) is 28.2 Å². The lowest BCUT2D eigenvalue weighted by atomic mass is 10.1. The van der Waals surface area contributed by atoms with Crippen LogP contribution >= 0.6 is 27.5 Å². The minimum Gasteiger partial charge on any atom is -0.321 e. The van der Waals surface area contributed by atoms with Crippen molar-refractivity contribution in [1.29, 1.82) is 0 Å². The smallest absolute Gasteiger partial charge is 0.270 e. The van der Waals surface area contributed by atoms with E-state index < -0.39 is 10.8 Å². The van der Waals surface area contributed by atoms with Gasteiger partial charge in [-0.1, -0.05) is 31.0 Å². The van der Waals surface area contributed by atoms with Gasteiger partial charge in [-0.05, 0) is 52.5 Å². The molecule has 24 heavy (non-hydrogen) atoms. The SMILES string of the molecule is CCCCc1ccc(NC(=O)c2cc([N+](=O)[O-])ccc2Cl)c(Br)c1. The second-order valence-electron chi connectivity index (χ2n) is 5.29. The van der Waals surface area contributed by atoms with Crippen LogP contribution in [-0.4, -0.2) is 10.8 Å². The van der Waals surface area contributed by atoms with Gasteiger partial charge in [-0.15, -0.1) is 0 Å². The number of amides is 1. The summed E-state index contributed by atoms with van der Waals surface area (Å²) in [5.74, 6) is -0.495. The van der Waals surface area contributed by atoms with Gasteiger partial charge in [-0.2, -0.15) is 0 Å². The first kappa shape index (κ1) is 18.4. The second-order valence-corrected chi connectivity index (χ2v) is 6.55. The van der Waals surface area contributed by atoms with Gasteiger partial charge >= 0.3 is 0 Å². The van der Waals surface area contributed by atoms with Crippen LogP contribution in [0, 0.1) is 10.1 Å². The van der Waals surface area contributed by atoms with Gasteiger partial charge in [0.25, 0.3) is 11.6 Å². The first-order valence-electron chi connectivity index (χ1n) is 7.46. The number of unbranched alkanes of at least 4 members (excludes halogenated alkanes) is 1. The maximum absolute atomic E-state index is 12.4. The van der Waals surface area contributed by atoms with E-state index >= 15 is 0 Å². The van der Waals surface area contributed by atoms with Crippen LogP contribution in [0.3, 0.4) is 0 Å². The number of nitro groups is 1. The van der Waals surface area contributed by atoms with Crippen molar-refractivity contribution in [2.45, 2.75) is 26.2 Å². The van der Waals surface area contributed by atoms with Crippen LogP contribution in [0.2, 0.25) is 5.02 Å². The van der Waals surface area contributed by atoms with E-state index in [1.807, 2.05) is 12.1 Å². The van der Waals surface area contributed by atoms with Crippen LogP contribution in [-0.2, 0) is 6.42 Å². The number of nitro benzene ring substituents is 1. The fourth-order valence-electron chi connectivity index (χ4n) is 2.19. The zero-order valence-electron chi connectivity index (χ0n) is 13.0. The Bertz CT molecular complexity index is 780. The third-order valence-electron chi connectivity index (χ3n) is 3.51. The van der Waals surface area contributed by atoms with Gasteiger partial charge < -0.3 is 5.32 Å². The highest BCUT2D eigenvalue weighted by Crippen LogP contribution is 2.27. The Morgan fingerprint density at radius 1 is 1.29 bits per heavy atom. The van der Waals surface area contributed by atoms with Crippen LogP contribution < -0.4 is 5.32 Å². The largest absolute Gasteiger partial charge is 0.321 e. The predicted molar refractivity (Wildman–Crippen MR) is 98.8 cm³/mol. The van der Waals surface area contributed by atoms with E-state index in [1.54, 1.807) is 6.07 Å². The van der Waals surface area contributed by atoms with Crippen molar-refractivity contribution < 1.29 is 9.72 Å². The molecule has 0 unspecified atom stereocenters. The highest BCUT2D eigenvalue weighted by molar-refractivity contribution is 9.10. The maximum Gasteiger partial charge on any atom is 0.270 e. The predicted octanol–water partition coefficient (Wildman–Crippen LogP) is 5.61. The minimum absolute atomic E-state index is 0.0628. The summed E-state index contributed by atoms with van der Waals surface area (Å²) in [7, 11) is 0. The van der Waals surface area contributed by atoms with Crippen molar-refractivity contribution in [3.63, 3.8) is 0 Å². The summed E-state index contributed by atoms with van der Waals surface area (Å²) in [4.78, 5) is 22.7. The van der Waals surface area contributed by atoms with Crippen molar-refractivity contribution in [1.82, 2.24) is 0 Å². The van der Waals surface area contributed by atoms with Crippen molar-refractivity contribution in [2.24, 2.45) is 0 Å². The molecule has 0 atom stereocenters.